The van der Waals surface area contributed by atoms with Gasteiger partial charge in [-0.1, -0.05) is 35.9 Å². The van der Waals surface area contributed by atoms with Gasteiger partial charge in [-0.15, -0.1) is 24.0 Å². The molecule has 5 nitrogen and oxygen atoms in total. The van der Waals surface area contributed by atoms with Crippen molar-refractivity contribution in [2.45, 2.75) is 26.2 Å². The smallest absolute Gasteiger partial charge is 0.378 e. The van der Waals surface area contributed by atoms with Crippen molar-refractivity contribution < 1.29 is 17.9 Å². The minimum Gasteiger partial charge on any atom is -0.378 e. The summed E-state index contributed by atoms with van der Waals surface area (Å²) in [4.78, 5) is 6.02. The second kappa shape index (κ2) is 11.6. The topological polar surface area (TPSA) is 48.9 Å². The summed E-state index contributed by atoms with van der Waals surface area (Å²) < 4.78 is 46.3. The third-order valence-corrected chi connectivity index (χ3v) is 5.03. The third kappa shape index (κ3) is 7.27. The highest BCUT2D eigenvalue weighted by atomic mass is 127. The molecule has 2 aromatic rings. The molecule has 2 aromatic carbocycles. The zero-order valence-corrected chi connectivity index (χ0v) is 20.0. The number of alkyl halides is 3. The van der Waals surface area contributed by atoms with Gasteiger partial charge in [0.05, 0.1) is 18.8 Å². The molecule has 2 N–H and O–H groups in total. The Labute approximate surface area is 198 Å². The molecular weight excluding hydrogens is 520 g/mol. The van der Waals surface area contributed by atoms with Crippen LogP contribution in [-0.2, 0) is 24.0 Å². The standard InChI is InChI=1S/C22H27F3N4O.HI/c1-16-3-5-17(6-4-16)14-27-21(26-2)28-15-18-7-8-19(13-20(18)22(23,24)25)29-9-11-30-12-10-29;/h3-8,13H,9-12,14-15H2,1-2H3,(H2,26,27,28);1H. The molecule has 1 aliphatic rings. The van der Waals surface area contributed by atoms with Crippen LogP contribution in [0.3, 0.4) is 0 Å². The predicted molar refractivity (Wildman–Crippen MR) is 128 cm³/mol. The fraction of sp³-hybridized carbons (Fsp3) is 0.409. The molecule has 0 radical (unpaired) electrons. The van der Waals surface area contributed by atoms with Gasteiger partial charge in [-0.25, -0.2) is 0 Å². The van der Waals surface area contributed by atoms with E-state index in [2.05, 4.69) is 15.6 Å². The molecule has 1 fully saturated rings. The van der Waals surface area contributed by atoms with E-state index >= 15 is 0 Å². The summed E-state index contributed by atoms with van der Waals surface area (Å²) in [6.07, 6.45) is -4.43. The van der Waals surface area contributed by atoms with Crippen molar-refractivity contribution in [3.63, 3.8) is 0 Å². The first kappa shape index (κ1) is 25.3. The Kier molecular flexibility index (Phi) is 9.42. The van der Waals surface area contributed by atoms with E-state index in [1.54, 1.807) is 13.1 Å². The molecule has 3 rings (SSSR count). The maximum absolute atomic E-state index is 13.7. The van der Waals surface area contributed by atoms with Gasteiger partial charge in [0.2, 0.25) is 0 Å². The number of anilines is 1. The number of aliphatic imine (C=N–C) groups is 1. The van der Waals surface area contributed by atoms with Crippen molar-refractivity contribution in [3.05, 3.63) is 64.7 Å². The molecule has 0 saturated carbocycles. The lowest BCUT2D eigenvalue weighted by Crippen LogP contribution is -2.37. The number of morpholine rings is 1. The molecule has 0 atom stereocenters. The molecule has 9 heteroatoms. The molecule has 170 valence electrons. The van der Waals surface area contributed by atoms with Crippen LogP contribution in [0, 0.1) is 6.92 Å². The van der Waals surface area contributed by atoms with Crippen LogP contribution >= 0.6 is 24.0 Å². The van der Waals surface area contributed by atoms with Gasteiger partial charge in [-0.05, 0) is 30.2 Å². The van der Waals surface area contributed by atoms with Gasteiger partial charge in [0.25, 0.3) is 0 Å². The summed E-state index contributed by atoms with van der Waals surface area (Å²) in [5, 5.41) is 6.12. The second-order valence-electron chi connectivity index (χ2n) is 7.20. The summed E-state index contributed by atoms with van der Waals surface area (Å²) in [6, 6.07) is 12.5. The Morgan fingerprint density at radius 1 is 1.03 bits per heavy atom. The Bertz CT molecular complexity index is 866. The zero-order chi connectivity index (χ0) is 21.6. The van der Waals surface area contributed by atoms with Crippen LogP contribution in [0.15, 0.2) is 47.5 Å². The van der Waals surface area contributed by atoms with Crippen molar-refractivity contribution in [2.75, 3.05) is 38.3 Å². The van der Waals surface area contributed by atoms with E-state index < -0.39 is 11.7 Å². The minimum absolute atomic E-state index is 0. The lowest BCUT2D eigenvalue weighted by molar-refractivity contribution is -0.138. The third-order valence-electron chi connectivity index (χ3n) is 5.03. The number of guanidine groups is 1. The van der Waals surface area contributed by atoms with E-state index in [1.165, 1.54) is 17.7 Å². The van der Waals surface area contributed by atoms with E-state index in [1.807, 2.05) is 36.1 Å². The number of nitrogens with one attached hydrogen (secondary N) is 2. The molecule has 0 aliphatic carbocycles. The maximum Gasteiger partial charge on any atom is 0.416 e. The average Bonchev–Trinajstić information content (AvgIpc) is 2.75. The van der Waals surface area contributed by atoms with Crippen LogP contribution < -0.4 is 15.5 Å². The van der Waals surface area contributed by atoms with Crippen LogP contribution in [0.1, 0.15) is 22.3 Å². The summed E-state index contributed by atoms with van der Waals surface area (Å²) in [6.45, 7) is 4.78. The van der Waals surface area contributed by atoms with Crippen LogP contribution in [0.2, 0.25) is 0 Å². The molecule has 1 saturated heterocycles. The highest BCUT2D eigenvalue weighted by molar-refractivity contribution is 14.0. The molecular formula is C22H28F3IN4O. The van der Waals surface area contributed by atoms with Crippen LogP contribution in [-0.4, -0.2) is 39.3 Å². The quantitative estimate of drug-likeness (QED) is 0.332. The Morgan fingerprint density at radius 3 is 2.29 bits per heavy atom. The van der Waals surface area contributed by atoms with Crippen molar-refractivity contribution in [2.24, 2.45) is 4.99 Å². The van der Waals surface area contributed by atoms with Gasteiger partial charge in [0, 0.05) is 38.9 Å². The monoisotopic (exact) mass is 548 g/mol. The molecule has 0 aromatic heterocycles. The number of ether oxygens (including phenoxy) is 1. The highest BCUT2D eigenvalue weighted by Crippen LogP contribution is 2.35. The number of benzene rings is 2. The predicted octanol–water partition coefficient (Wildman–Crippen LogP) is 4.33. The molecule has 31 heavy (non-hydrogen) atoms. The van der Waals surface area contributed by atoms with E-state index in [0.29, 0.717) is 44.5 Å². The van der Waals surface area contributed by atoms with Gasteiger partial charge < -0.3 is 20.3 Å². The summed E-state index contributed by atoms with van der Waals surface area (Å²) in [7, 11) is 1.59. The average molecular weight is 548 g/mol. The molecule has 1 heterocycles. The number of halogens is 4. The van der Waals surface area contributed by atoms with Crippen molar-refractivity contribution in [1.82, 2.24) is 10.6 Å². The van der Waals surface area contributed by atoms with Gasteiger partial charge in [0.1, 0.15) is 0 Å². The van der Waals surface area contributed by atoms with E-state index in [4.69, 9.17) is 4.74 Å². The number of hydrogen-bond acceptors (Lipinski definition) is 3. The van der Waals surface area contributed by atoms with Crippen LogP contribution in [0.5, 0.6) is 0 Å². The minimum atomic E-state index is -4.43. The lowest BCUT2D eigenvalue weighted by Gasteiger charge is -2.29. The summed E-state index contributed by atoms with van der Waals surface area (Å²) in [5.74, 6) is 0.445. The largest absolute Gasteiger partial charge is 0.416 e. The second-order valence-corrected chi connectivity index (χ2v) is 7.20. The molecule has 0 spiro atoms. The van der Waals surface area contributed by atoms with Crippen molar-refractivity contribution in [3.8, 4) is 0 Å². The Morgan fingerprint density at radius 2 is 1.68 bits per heavy atom. The molecule has 1 aliphatic heterocycles. The zero-order valence-electron chi connectivity index (χ0n) is 17.6. The van der Waals surface area contributed by atoms with Gasteiger partial charge >= 0.3 is 6.18 Å². The fourth-order valence-electron chi connectivity index (χ4n) is 3.29. The van der Waals surface area contributed by atoms with Gasteiger partial charge in [-0.2, -0.15) is 13.2 Å². The maximum atomic E-state index is 13.7. The number of rotatable bonds is 5. The number of hydrogen-bond donors (Lipinski definition) is 2. The summed E-state index contributed by atoms with van der Waals surface area (Å²) >= 11 is 0. The number of aryl methyl sites for hydroxylation is 1. The normalized spacial score (nSPS) is 14.7. The SMILES string of the molecule is CN=C(NCc1ccc(C)cc1)NCc1ccc(N2CCOCC2)cc1C(F)(F)F.I. The Balaban J connectivity index is 0.00000341. The highest BCUT2D eigenvalue weighted by Gasteiger charge is 2.34. The first-order chi connectivity index (χ1) is 14.4. The van der Waals surface area contributed by atoms with Crippen molar-refractivity contribution in [1.29, 1.82) is 0 Å². The van der Waals surface area contributed by atoms with Gasteiger partial charge in [-0.3, -0.25) is 4.99 Å². The molecule has 0 unspecified atom stereocenters. The van der Waals surface area contributed by atoms with E-state index in [-0.39, 0.29) is 36.1 Å². The van der Waals surface area contributed by atoms with Gasteiger partial charge in [0.15, 0.2) is 5.96 Å². The first-order valence-corrected chi connectivity index (χ1v) is 9.89. The van der Waals surface area contributed by atoms with Crippen LogP contribution in [0.25, 0.3) is 0 Å². The lowest BCUT2D eigenvalue weighted by atomic mass is 10.0. The van der Waals surface area contributed by atoms with E-state index in [0.717, 1.165) is 5.56 Å². The van der Waals surface area contributed by atoms with E-state index in [9.17, 15) is 13.2 Å². The van der Waals surface area contributed by atoms with Crippen LogP contribution in [0.4, 0.5) is 18.9 Å². The van der Waals surface area contributed by atoms with Crippen molar-refractivity contribution >= 4 is 35.6 Å². The fourth-order valence-corrected chi connectivity index (χ4v) is 3.29. The first-order valence-electron chi connectivity index (χ1n) is 9.89. The molecule has 0 amide bonds. The molecule has 0 bridgehead atoms. The summed E-state index contributed by atoms with van der Waals surface area (Å²) in [5.41, 5.74) is 2.35. The Hall–Kier alpha value is -2.01. The number of nitrogens with zero attached hydrogens (tertiary/aromatic N) is 2.